The van der Waals surface area contributed by atoms with E-state index in [0.29, 0.717) is 18.3 Å². The molecule has 2 rings (SSSR count). The van der Waals surface area contributed by atoms with Crippen LogP contribution in [0.25, 0.3) is 0 Å². The minimum absolute atomic E-state index is 0.0559. The van der Waals surface area contributed by atoms with Crippen LogP contribution in [0.15, 0.2) is 53.6 Å². The molecule has 0 bridgehead atoms. The molecule has 0 aliphatic carbocycles. The number of hydrogen-bond acceptors (Lipinski definition) is 6. The molecule has 0 aromatic heterocycles. The third-order valence-corrected chi connectivity index (χ3v) is 4.52. The van der Waals surface area contributed by atoms with Crippen LogP contribution in [0, 0.1) is 16.0 Å². The zero-order chi connectivity index (χ0) is 20.4. The van der Waals surface area contributed by atoms with E-state index in [1.165, 1.54) is 23.9 Å². The van der Waals surface area contributed by atoms with E-state index in [0.717, 1.165) is 16.9 Å². The highest BCUT2D eigenvalue weighted by molar-refractivity contribution is 7.99. The van der Waals surface area contributed by atoms with Crippen LogP contribution in [0.5, 0.6) is 5.75 Å². The smallest absolute Gasteiger partial charge is 0.269 e. The average Bonchev–Trinajstić information content (AvgIpc) is 2.67. The van der Waals surface area contributed by atoms with Gasteiger partial charge in [0.1, 0.15) is 5.75 Å². The predicted molar refractivity (Wildman–Crippen MR) is 112 cm³/mol. The number of ether oxygens (including phenoxy) is 1. The molecule has 0 spiro atoms. The van der Waals surface area contributed by atoms with Gasteiger partial charge in [-0.05, 0) is 41.3 Å². The van der Waals surface area contributed by atoms with Crippen molar-refractivity contribution in [1.82, 2.24) is 5.43 Å². The summed E-state index contributed by atoms with van der Waals surface area (Å²) in [5.41, 5.74) is 4.32. The zero-order valence-corrected chi connectivity index (χ0v) is 16.6. The summed E-state index contributed by atoms with van der Waals surface area (Å²) in [6.07, 6.45) is 1.57. The van der Waals surface area contributed by atoms with Gasteiger partial charge < -0.3 is 4.74 Å². The number of nitro benzene ring substituents is 1. The molecular weight excluding hydrogens is 378 g/mol. The van der Waals surface area contributed by atoms with Crippen LogP contribution in [0.1, 0.15) is 25.0 Å². The van der Waals surface area contributed by atoms with Gasteiger partial charge in [0.15, 0.2) is 0 Å². The Morgan fingerprint density at radius 3 is 2.50 bits per heavy atom. The number of thioether (sulfide) groups is 1. The van der Waals surface area contributed by atoms with E-state index in [9.17, 15) is 14.9 Å². The largest absolute Gasteiger partial charge is 0.493 e. The molecule has 0 aliphatic rings. The molecule has 2 aromatic rings. The predicted octanol–water partition coefficient (Wildman–Crippen LogP) is 4.01. The van der Waals surface area contributed by atoms with E-state index in [1.807, 2.05) is 24.3 Å². The van der Waals surface area contributed by atoms with Crippen LogP contribution < -0.4 is 10.2 Å². The molecule has 148 valence electrons. The first-order valence-corrected chi connectivity index (χ1v) is 9.95. The molecule has 7 nitrogen and oxygen atoms in total. The van der Waals surface area contributed by atoms with E-state index in [-0.39, 0.29) is 17.3 Å². The van der Waals surface area contributed by atoms with E-state index >= 15 is 0 Å². The number of benzene rings is 2. The maximum atomic E-state index is 11.8. The van der Waals surface area contributed by atoms with Gasteiger partial charge in [0.25, 0.3) is 5.69 Å². The van der Waals surface area contributed by atoms with Gasteiger partial charge in [0, 0.05) is 17.9 Å². The lowest BCUT2D eigenvalue weighted by Crippen LogP contribution is -2.19. The molecule has 0 saturated carbocycles. The number of hydrogen-bond donors (Lipinski definition) is 1. The highest BCUT2D eigenvalue weighted by Crippen LogP contribution is 2.16. The second kappa shape index (κ2) is 11.1. The molecule has 0 unspecified atom stereocenters. The fourth-order valence-corrected chi connectivity index (χ4v) is 2.88. The molecule has 0 aliphatic heterocycles. The summed E-state index contributed by atoms with van der Waals surface area (Å²) < 4.78 is 5.61. The van der Waals surface area contributed by atoms with Gasteiger partial charge in [-0.1, -0.05) is 26.0 Å². The first-order chi connectivity index (χ1) is 13.4. The third-order valence-electron chi connectivity index (χ3n) is 3.52. The molecule has 0 atom stereocenters. The van der Waals surface area contributed by atoms with Crippen LogP contribution in [-0.2, 0) is 10.5 Å². The molecule has 0 heterocycles. The molecular formula is C20H23N3O4S. The fourth-order valence-electron chi connectivity index (χ4n) is 2.10. The normalized spacial score (nSPS) is 11.0. The quantitative estimate of drug-likeness (QED) is 0.369. The van der Waals surface area contributed by atoms with Gasteiger partial charge in [0.2, 0.25) is 5.91 Å². The first kappa shape index (κ1) is 21.4. The second-order valence-corrected chi connectivity index (χ2v) is 7.47. The van der Waals surface area contributed by atoms with Crippen LogP contribution in [-0.4, -0.2) is 29.4 Å². The lowest BCUT2D eigenvalue weighted by Gasteiger charge is -2.08. The topological polar surface area (TPSA) is 93.8 Å². The Labute approximate surface area is 168 Å². The minimum atomic E-state index is -0.436. The fraction of sp³-hybridized carbons (Fsp3) is 0.300. The molecule has 1 amide bonds. The molecule has 0 fully saturated rings. The number of rotatable bonds is 10. The number of nitro groups is 1. The van der Waals surface area contributed by atoms with Crippen LogP contribution in [0.3, 0.4) is 0 Å². The van der Waals surface area contributed by atoms with Crippen LogP contribution in [0.4, 0.5) is 5.69 Å². The summed E-state index contributed by atoms with van der Waals surface area (Å²) in [7, 11) is 0. The van der Waals surface area contributed by atoms with Crippen molar-refractivity contribution in [3.63, 3.8) is 0 Å². The van der Waals surface area contributed by atoms with E-state index in [2.05, 4.69) is 24.4 Å². The highest BCUT2D eigenvalue weighted by Gasteiger charge is 2.05. The summed E-state index contributed by atoms with van der Waals surface area (Å²) in [6, 6.07) is 13.8. The van der Waals surface area contributed by atoms with Crippen molar-refractivity contribution in [3.8, 4) is 5.75 Å². The maximum Gasteiger partial charge on any atom is 0.269 e. The van der Waals surface area contributed by atoms with E-state index in [4.69, 9.17) is 4.74 Å². The van der Waals surface area contributed by atoms with Crippen molar-refractivity contribution in [3.05, 3.63) is 69.8 Å². The third kappa shape index (κ3) is 7.79. The monoisotopic (exact) mass is 401 g/mol. The van der Waals surface area contributed by atoms with Crippen LogP contribution >= 0.6 is 11.8 Å². The first-order valence-electron chi connectivity index (χ1n) is 8.80. The van der Waals surface area contributed by atoms with Crippen LogP contribution in [0.2, 0.25) is 0 Å². The van der Waals surface area contributed by atoms with Crippen molar-refractivity contribution in [1.29, 1.82) is 0 Å². The van der Waals surface area contributed by atoms with E-state index < -0.39 is 4.92 Å². The van der Waals surface area contributed by atoms with Gasteiger partial charge >= 0.3 is 0 Å². The summed E-state index contributed by atoms with van der Waals surface area (Å²) in [5.74, 6) is 1.90. The Morgan fingerprint density at radius 2 is 1.89 bits per heavy atom. The Morgan fingerprint density at radius 1 is 1.21 bits per heavy atom. The summed E-state index contributed by atoms with van der Waals surface area (Å²) in [4.78, 5) is 22.0. The Bertz CT molecular complexity index is 805. The van der Waals surface area contributed by atoms with Gasteiger partial charge in [0.05, 0.1) is 23.5 Å². The van der Waals surface area contributed by atoms with Crippen molar-refractivity contribution < 1.29 is 14.5 Å². The number of carbonyl (C=O) groups excluding carboxylic acids is 1. The molecule has 0 saturated heterocycles. The maximum absolute atomic E-state index is 11.8. The Balaban J connectivity index is 1.69. The van der Waals surface area contributed by atoms with Gasteiger partial charge in [-0.3, -0.25) is 14.9 Å². The number of hydrazone groups is 1. The summed E-state index contributed by atoms with van der Waals surface area (Å²) in [6.45, 7) is 4.85. The number of non-ortho nitro benzene ring substituents is 1. The number of nitrogens with one attached hydrogen (secondary N) is 1. The lowest BCUT2D eigenvalue weighted by molar-refractivity contribution is -0.384. The molecule has 8 heteroatoms. The Kier molecular flexibility index (Phi) is 8.48. The van der Waals surface area contributed by atoms with E-state index in [1.54, 1.807) is 18.3 Å². The standard InChI is InChI=1S/C20H23N3O4S/c1-15(2)12-27-19-9-5-16(6-10-19)11-21-22-20(24)14-28-13-17-3-7-18(8-4-17)23(25)26/h3-11,15H,12-14H2,1-2H3,(H,22,24)/b21-11-. The van der Waals surface area contributed by atoms with Gasteiger partial charge in [-0.15, -0.1) is 11.8 Å². The number of nitrogens with zero attached hydrogens (tertiary/aromatic N) is 2. The van der Waals surface area contributed by atoms with Gasteiger partial charge in [-0.2, -0.15) is 5.10 Å². The summed E-state index contributed by atoms with van der Waals surface area (Å²) >= 11 is 1.41. The van der Waals surface area contributed by atoms with Crippen molar-refractivity contribution in [2.24, 2.45) is 11.0 Å². The van der Waals surface area contributed by atoms with Crippen molar-refractivity contribution >= 4 is 29.6 Å². The Hall–Kier alpha value is -2.87. The van der Waals surface area contributed by atoms with Crippen molar-refractivity contribution in [2.45, 2.75) is 19.6 Å². The SMILES string of the molecule is CC(C)COc1ccc(/C=N\NC(=O)CSCc2ccc([N+](=O)[O-])cc2)cc1. The molecule has 0 radical (unpaired) electrons. The highest BCUT2D eigenvalue weighted by atomic mass is 32.2. The minimum Gasteiger partial charge on any atom is -0.493 e. The lowest BCUT2D eigenvalue weighted by atomic mass is 10.2. The zero-order valence-electron chi connectivity index (χ0n) is 15.8. The summed E-state index contributed by atoms with van der Waals surface area (Å²) in [5, 5.41) is 14.6. The molecule has 28 heavy (non-hydrogen) atoms. The second-order valence-electron chi connectivity index (χ2n) is 6.48. The number of amides is 1. The average molecular weight is 401 g/mol. The number of carbonyl (C=O) groups is 1. The van der Waals surface area contributed by atoms with Crippen molar-refractivity contribution in [2.75, 3.05) is 12.4 Å². The molecule has 2 aromatic carbocycles. The molecule has 1 N–H and O–H groups in total. The van der Waals surface area contributed by atoms with Gasteiger partial charge in [-0.25, -0.2) is 5.43 Å².